The Morgan fingerprint density at radius 1 is 0.964 bits per heavy atom. The number of rotatable bonds is 5. The molecule has 0 N–H and O–H groups in total. The molecule has 0 aliphatic carbocycles. The molecule has 0 bridgehead atoms. The smallest absolute Gasteiger partial charge is 0.338 e. The molecule has 140 valence electrons. The van der Waals surface area contributed by atoms with Crippen LogP contribution in [-0.4, -0.2) is 13.1 Å². The third-order valence-electron chi connectivity index (χ3n) is 4.57. The van der Waals surface area contributed by atoms with Gasteiger partial charge in [0.2, 0.25) is 0 Å². The molecule has 5 heteroatoms. The van der Waals surface area contributed by atoms with Crippen molar-refractivity contribution in [2.45, 2.75) is 13.2 Å². The minimum absolute atomic E-state index is 0.0191. The monoisotopic (exact) mass is 374 g/mol. The fourth-order valence-electron chi connectivity index (χ4n) is 3.26. The number of hydrogen-bond donors (Lipinski definition) is 0. The summed E-state index contributed by atoms with van der Waals surface area (Å²) in [4.78, 5) is 24.4. The molecule has 0 unspecified atom stereocenters. The first kappa shape index (κ1) is 17.9. The molecule has 0 saturated heterocycles. The average molecular weight is 374 g/mol. The highest BCUT2D eigenvalue weighted by Crippen LogP contribution is 2.27. The first-order valence-corrected chi connectivity index (χ1v) is 8.85. The summed E-state index contributed by atoms with van der Waals surface area (Å²) in [5.41, 5.74) is 2.03. The second-order valence-electron chi connectivity index (χ2n) is 6.46. The predicted molar refractivity (Wildman–Crippen MR) is 106 cm³/mol. The molecular formula is C23H18O5. The predicted octanol–water partition coefficient (Wildman–Crippen LogP) is 4.45. The van der Waals surface area contributed by atoms with E-state index in [4.69, 9.17) is 13.9 Å². The Balaban J connectivity index is 1.65. The summed E-state index contributed by atoms with van der Waals surface area (Å²) in [6, 6.07) is 19.9. The second kappa shape index (κ2) is 7.66. The van der Waals surface area contributed by atoms with Crippen LogP contribution in [0.5, 0.6) is 0 Å². The van der Waals surface area contributed by atoms with E-state index >= 15 is 0 Å². The lowest BCUT2D eigenvalue weighted by atomic mass is 10.0. The lowest BCUT2D eigenvalue weighted by Gasteiger charge is -2.10. The van der Waals surface area contributed by atoms with Crippen molar-refractivity contribution in [3.8, 4) is 0 Å². The highest BCUT2D eigenvalue weighted by Gasteiger charge is 2.13. The Kier molecular flexibility index (Phi) is 4.91. The van der Waals surface area contributed by atoms with Crippen molar-refractivity contribution in [2.24, 2.45) is 0 Å². The van der Waals surface area contributed by atoms with E-state index in [1.165, 1.54) is 6.07 Å². The number of esters is 1. The normalized spacial score (nSPS) is 11.0. The van der Waals surface area contributed by atoms with E-state index in [9.17, 15) is 9.59 Å². The van der Waals surface area contributed by atoms with Crippen LogP contribution in [0.25, 0.3) is 21.7 Å². The molecular weight excluding hydrogens is 356 g/mol. The Morgan fingerprint density at radius 2 is 1.75 bits per heavy atom. The topological polar surface area (TPSA) is 65.7 Å². The van der Waals surface area contributed by atoms with Crippen molar-refractivity contribution in [3.05, 3.63) is 93.8 Å². The van der Waals surface area contributed by atoms with Gasteiger partial charge in [0.25, 0.3) is 0 Å². The fourth-order valence-corrected chi connectivity index (χ4v) is 3.26. The Hall–Kier alpha value is -3.44. The molecule has 0 saturated carbocycles. The van der Waals surface area contributed by atoms with Crippen LogP contribution >= 0.6 is 0 Å². The van der Waals surface area contributed by atoms with E-state index in [0.29, 0.717) is 23.3 Å². The van der Waals surface area contributed by atoms with Gasteiger partial charge in [-0.3, -0.25) is 0 Å². The zero-order valence-corrected chi connectivity index (χ0v) is 15.3. The third-order valence-corrected chi connectivity index (χ3v) is 4.57. The SMILES string of the molecule is COCc1ccc(C(=O)OCc2cc(=O)oc3ccc4ccccc4c23)cc1. The van der Waals surface area contributed by atoms with Gasteiger partial charge >= 0.3 is 11.6 Å². The number of fused-ring (bicyclic) bond motifs is 3. The van der Waals surface area contributed by atoms with Crippen LogP contribution < -0.4 is 5.63 Å². The summed E-state index contributed by atoms with van der Waals surface area (Å²) in [6.45, 7) is 0.461. The van der Waals surface area contributed by atoms with Gasteiger partial charge in [0.05, 0.1) is 12.2 Å². The minimum atomic E-state index is -0.474. The molecule has 0 aliphatic heterocycles. The molecule has 28 heavy (non-hydrogen) atoms. The molecule has 4 rings (SSSR count). The Bertz CT molecular complexity index is 1210. The van der Waals surface area contributed by atoms with Gasteiger partial charge in [-0.2, -0.15) is 0 Å². The number of carbonyl (C=O) groups excluding carboxylic acids is 1. The first-order valence-electron chi connectivity index (χ1n) is 8.85. The Labute approximate surface area is 161 Å². The van der Waals surface area contributed by atoms with Crippen LogP contribution in [0, 0.1) is 0 Å². The molecule has 5 nitrogen and oxygen atoms in total. The minimum Gasteiger partial charge on any atom is -0.457 e. The number of methoxy groups -OCH3 is 1. The van der Waals surface area contributed by atoms with Crippen LogP contribution in [0.15, 0.2) is 75.9 Å². The lowest BCUT2D eigenvalue weighted by Crippen LogP contribution is -2.08. The Morgan fingerprint density at radius 3 is 2.54 bits per heavy atom. The number of ether oxygens (including phenoxy) is 2. The van der Waals surface area contributed by atoms with Crippen LogP contribution in [0.2, 0.25) is 0 Å². The quantitative estimate of drug-likeness (QED) is 0.293. The summed E-state index contributed by atoms with van der Waals surface area (Å²) < 4.78 is 15.9. The van der Waals surface area contributed by atoms with Gasteiger partial charge in [0.15, 0.2) is 0 Å². The molecule has 1 aromatic heterocycles. The van der Waals surface area contributed by atoms with E-state index in [1.54, 1.807) is 25.3 Å². The molecule has 0 spiro atoms. The van der Waals surface area contributed by atoms with Gasteiger partial charge < -0.3 is 13.9 Å². The molecule has 0 atom stereocenters. The zero-order valence-electron chi connectivity index (χ0n) is 15.3. The summed E-state index contributed by atoms with van der Waals surface area (Å²) in [7, 11) is 1.62. The van der Waals surface area contributed by atoms with E-state index in [-0.39, 0.29) is 6.61 Å². The maximum absolute atomic E-state index is 12.4. The van der Waals surface area contributed by atoms with Crippen LogP contribution in [-0.2, 0) is 22.7 Å². The van der Waals surface area contributed by atoms with E-state index in [0.717, 1.165) is 21.7 Å². The van der Waals surface area contributed by atoms with Crippen molar-refractivity contribution in [1.29, 1.82) is 0 Å². The highest BCUT2D eigenvalue weighted by atomic mass is 16.5. The second-order valence-corrected chi connectivity index (χ2v) is 6.46. The van der Waals surface area contributed by atoms with Gasteiger partial charge in [0.1, 0.15) is 12.2 Å². The van der Waals surface area contributed by atoms with Crippen LogP contribution in [0.4, 0.5) is 0 Å². The largest absolute Gasteiger partial charge is 0.457 e. The number of hydrogen-bond acceptors (Lipinski definition) is 5. The summed E-state index contributed by atoms with van der Waals surface area (Å²) in [6.07, 6.45) is 0. The maximum atomic E-state index is 12.4. The van der Waals surface area contributed by atoms with Crippen LogP contribution in [0.1, 0.15) is 21.5 Å². The lowest BCUT2D eigenvalue weighted by molar-refractivity contribution is 0.0474. The zero-order chi connectivity index (χ0) is 19.5. The standard InChI is InChI=1S/C23H18O5/c1-26-13-15-6-8-17(9-7-15)23(25)27-14-18-12-21(24)28-20-11-10-16-4-2-3-5-19(16)22(18)20/h2-12H,13-14H2,1H3. The fraction of sp³-hybridized carbons (Fsp3) is 0.130. The number of carbonyl (C=O) groups is 1. The van der Waals surface area contributed by atoms with Crippen molar-refractivity contribution in [1.82, 2.24) is 0 Å². The summed E-state index contributed by atoms with van der Waals surface area (Å²) in [5, 5.41) is 2.74. The molecule has 1 heterocycles. The van der Waals surface area contributed by atoms with Crippen molar-refractivity contribution in [3.63, 3.8) is 0 Å². The molecule has 3 aromatic carbocycles. The summed E-state index contributed by atoms with van der Waals surface area (Å²) in [5.74, 6) is -0.453. The van der Waals surface area contributed by atoms with Gasteiger partial charge in [-0.15, -0.1) is 0 Å². The molecule has 0 aliphatic rings. The van der Waals surface area contributed by atoms with E-state index in [2.05, 4.69) is 0 Å². The van der Waals surface area contributed by atoms with E-state index in [1.807, 2.05) is 42.5 Å². The van der Waals surface area contributed by atoms with Gasteiger partial charge in [-0.05, 0) is 34.5 Å². The molecule has 0 radical (unpaired) electrons. The highest BCUT2D eigenvalue weighted by molar-refractivity contribution is 6.07. The average Bonchev–Trinajstić information content (AvgIpc) is 2.72. The molecule has 0 amide bonds. The van der Waals surface area contributed by atoms with Gasteiger partial charge in [-0.25, -0.2) is 9.59 Å². The first-order chi connectivity index (χ1) is 13.7. The van der Waals surface area contributed by atoms with Crippen molar-refractivity contribution < 1.29 is 18.7 Å². The third kappa shape index (κ3) is 3.52. The van der Waals surface area contributed by atoms with Gasteiger partial charge in [0, 0.05) is 24.1 Å². The molecule has 4 aromatic rings. The van der Waals surface area contributed by atoms with E-state index < -0.39 is 11.6 Å². The van der Waals surface area contributed by atoms with Crippen molar-refractivity contribution >= 4 is 27.7 Å². The maximum Gasteiger partial charge on any atom is 0.338 e. The summed E-state index contributed by atoms with van der Waals surface area (Å²) >= 11 is 0. The van der Waals surface area contributed by atoms with Crippen molar-refractivity contribution in [2.75, 3.05) is 7.11 Å². The van der Waals surface area contributed by atoms with Crippen LogP contribution in [0.3, 0.4) is 0 Å². The number of benzene rings is 3. The molecule has 0 fully saturated rings. The van der Waals surface area contributed by atoms with Gasteiger partial charge in [-0.1, -0.05) is 42.5 Å².